The fraction of sp³-hybridized carbons (Fsp3) is 0.774. The number of ether oxygens (including phenoxy) is 3. The van der Waals surface area contributed by atoms with Gasteiger partial charge < -0.3 is 45.1 Å². The van der Waals surface area contributed by atoms with Crippen LogP contribution in [-0.4, -0.2) is 199 Å². The van der Waals surface area contributed by atoms with Crippen LogP contribution in [0.5, 0.6) is 0 Å². The Bertz CT molecular complexity index is 1290. The molecule has 0 aromatic heterocycles. The number of carbonyl (C=O) groups is 7. The summed E-state index contributed by atoms with van der Waals surface area (Å²) in [5.74, 6) is -5.47. The predicted octanol–water partition coefficient (Wildman–Crippen LogP) is -5.09. The minimum atomic E-state index is -1.79. The van der Waals surface area contributed by atoms with Gasteiger partial charge >= 0.3 is 31.5 Å². The number of likely N-dealkylation sites (tertiary alicyclic amines) is 1. The first-order valence-electron chi connectivity index (χ1n) is 17.7. The lowest BCUT2D eigenvalue weighted by Crippen LogP contribution is -2.57. The molecule has 4 fully saturated rings. The van der Waals surface area contributed by atoms with E-state index in [2.05, 4.69) is 16.0 Å². The van der Waals surface area contributed by atoms with Crippen molar-refractivity contribution in [3.8, 4) is 0 Å². The third-order valence-corrected chi connectivity index (χ3v) is 9.41. The third kappa shape index (κ3) is 12.4. The summed E-state index contributed by atoms with van der Waals surface area (Å²) >= 11 is 0. The summed E-state index contributed by atoms with van der Waals surface area (Å²) in [6, 6.07) is -2.00. The van der Waals surface area contributed by atoms with Crippen LogP contribution in [0.4, 0.5) is 0 Å². The number of carbonyl (C=O) groups excluding carboxylic acids is 7. The summed E-state index contributed by atoms with van der Waals surface area (Å²) in [5.41, 5.74) is 0. The van der Waals surface area contributed by atoms with Crippen LogP contribution < -0.4 is 16.0 Å². The monoisotopic (exact) mass is 738 g/mol. The van der Waals surface area contributed by atoms with E-state index >= 15 is 0 Å². The van der Waals surface area contributed by atoms with Crippen LogP contribution in [0.2, 0.25) is 0 Å². The Morgan fingerprint density at radius 3 is 1.73 bits per heavy atom. The summed E-state index contributed by atoms with van der Waals surface area (Å²) in [4.78, 5) is 98.6. The molecule has 4 aliphatic heterocycles. The number of fused-ring (bicyclic) bond motifs is 7. The van der Waals surface area contributed by atoms with E-state index < -0.39 is 79.7 Å². The van der Waals surface area contributed by atoms with Gasteiger partial charge in [0.2, 0.25) is 23.6 Å². The van der Waals surface area contributed by atoms with Crippen LogP contribution in [0.25, 0.3) is 0 Å². The van der Waals surface area contributed by atoms with Gasteiger partial charge in [0, 0.05) is 58.9 Å². The highest BCUT2D eigenvalue weighted by Crippen LogP contribution is 2.19. The lowest BCUT2D eigenvalue weighted by molar-refractivity contribution is -0.258. The van der Waals surface area contributed by atoms with Gasteiger partial charge in [0.1, 0.15) is 12.1 Å². The summed E-state index contributed by atoms with van der Waals surface area (Å²) in [7, 11) is -1.69. The first-order chi connectivity index (χ1) is 24.7. The van der Waals surface area contributed by atoms with E-state index in [1.165, 1.54) is 11.8 Å². The van der Waals surface area contributed by atoms with Crippen LogP contribution >= 0.6 is 0 Å². The van der Waals surface area contributed by atoms with Crippen molar-refractivity contribution >= 4 is 48.7 Å². The van der Waals surface area contributed by atoms with Gasteiger partial charge in [-0.3, -0.25) is 53.2 Å². The highest BCUT2D eigenvalue weighted by molar-refractivity contribution is 6.43. The molecule has 2 unspecified atom stereocenters. The zero-order chi connectivity index (χ0) is 37.9. The second-order valence-corrected chi connectivity index (χ2v) is 13.8. The normalized spacial score (nSPS) is 27.4. The molecule has 52 heavy (non-hydrogen) atoms. The van der Waals surface area contributed by atoms with Crippen LogP contribution in [0.3, 0.4) is 0 Å². The Hall–Kier alpha value is -3.89. The summed E-state index contributed by atoms with van der Waals surface area (Å²) in [6.45, 7) is 5.64. The molecule has 5 N–H and O–H groups in total. The minimum Gasteiger partial charge on any atom is -0.426 e. The molecule has 0 saturated carbocycles. The van der Waals surface area contributed by atoms with Crippen molar-refractivity contribution < 1.29 is 57.8 Å². The van der Waals surface area contributed by atoms with Crippen molar-refractivity contribution in [2.24, 2.45) is 5.92 Å². The largest absolute Gasteiger partial charge is 0.475 e. The molecule has 5 atom stereocenters. The topological polar surface area (TPSA) is 240 Å². The van der Waals surface area contributed by atoms with E-state index in [-0.39, 0.29) is 32.1 Å². The smallest absolute Gasteiger partial charge is 0.426 e. The van der Waals surface area contributed by atoms with Gasteiger partial charge in [-0.05, 0) is 25.7 Å². The van der Waals surface area contributed by atoms with Gasteiger partial charge in [0.25, 0.3) is 0 Å². The van der Waals surface area contributed by atoms with Crippen molar-refractivity contribution in [3.63, 3.8) is 0 Å². The fourth-order valence-corrected chi connectivity index (χ4v) is 6.45. The molecule has 4 amide bonds. The molecule has 4 saturated heterocycles. The van der Waals surface area contributed by atoms with Crippen LogP contribution in [0, 0.1) is 5.92 Å². The molecule has 0 spiro atoms. The first kappa shape index (κ1) is 40.9. The SMILES string of the molecule is CC(C)[C@H](NC(=O)CNC(=O)CN1CCN2CCN3CCN(CC1)CC(=O)OC(OC(=O)C2)OC(=O)C3)C(=O)N[C@H](C)C(=O)N1CCC[C@H]1B(O)O. The van der Waals surface area contributed by atoms with E-state index in [4.69, 9.17) is 14.2 Å². The van der Waals surface area contributed by atoms with Gasteiger partial charge in [-0.2, -0.15) is 0 Å². The number of nitrogens with zero attached hydrogens (tertiary/aromatic N) is 5. The Kier molecular flexibility index (Phi) is 15.1. The Labute approximate surface area is 302 Å². The second-order valence-electron chi connectivity index (χ2n) is 13.8. The minimum absolute atomic E-state index is 0.0785. The van der Waals surface area contributed by atoms with Crippen molar-refractivity contribution in [1.82, 2.24) is 40.4 Å². The van der Waals surface area contributed by atoms with Gasteiger partial charge in [-0.1, -0.05) is 13.8 Å². The molecule has 21 heteroatoms. The zero-order valence-electron chi connectivity index (χ0n) is 30.0. The van der Waals surface area contributed by atoms with E-state index in [0.29, 0.717) is 71.7 Å². The van der Waals surface area contributed by atoms with E-state index in [0.717, 1.165) is 0 Å². The van der Waals surface area contributed by atoms with Crippen LogP contribution in [0.15, 0.2) is 0 Å². The molecule has 4 heterocycles. The zero-order valence-corrected chi connectivity index (χ0v) is 30.0. The van der Waals surface area contributed by atoms with Crippen molar-refractivity contribution in [2.75, 3.05) is 91.6 Å². The van der Waals surface area contributed by atoms with Crippen LogP contribution in [0.1, 0.15) is 33.6 Å². The number of nitrogens with one attached hydrogen (secondary N) is 3. The van der Waals surface area contributed by atoms with Gasteiger partial charge in [-0.25, -0.2) is 0 Å². The average molecular weight is 739 g/mol. The molecular formula is C31H51BN8O12. The highest BCUT2D eigenvalue weighted by Gasteiger charge is 2.39. The van der Waals surface area contributed by atoms with E-state index in [1.54, 1.807) is 13.8 Å². The first-order valence-corrected chi connectivity index (χ1v) is 17.7. The average Bonchev–Trinajstić information content (AvgIpc) is 3.55. The molecule has 290 valence electrons. The third-order valence-electron chi connectivity index (χ3n) is 9.41. The van der Waals surface area contributed by atoms with Gasteiger partial charge in [-0.15, -0.1) is 0 Å². The quantitative estimate of drug-likeness (QED) is 0.104. The van der Waals surface area contributed by atoms with Gasteiger partial charge in [0.15, 0.2) is 0 Å². The maximum atomic E-state index is 13.1. The number of hydrogen-bond donors (Lipinski definition) is 5. The molecule has 4 rings (SSSR count). The van der Waals surface area contributed by atoms with Crippen molar-refractivity contribution in [3.05, 3.63) is 0 Å². The molecule has 0 aromatic carbocycles. The van der Waals surface area contributed by atoms with Crippen molar-refractivity contribution in [2.45, 2.75) is 58.1 Å². The lowest BCUT2D eigenvalue weighted by Gasteiger charge is -2.33. The number of amides is 4. The van der Waals surface area contributed by atoms with Gasteiger partial charge in [0.05, 0.1) is 38.7 Å². The Morgan fingerprint density at radius 1 is 0.750 bits per heavy atom. The number of esters is 3. The molecule has 4 bridgehead atoms. The Balaban J connectivity index is 1.33. The predicted molar refractivity (Wildman–Crippen MR) is 180 cm³/mol. The number of hydrogen-bond acceptors (Lipinski definition) is 16. The Morgan fingerprint density at radius 2 is 1.25 bits per heavy atom. The molecule has 0 radical (unpaired) electrons. The summed E-state index contributed by atoms with van der Waals surface area (Å²) in [6.07, 6.45) is 1.04. The molecule has 0 aromatic rings. The molecular weight excluding hydrogens is 687 g/mol. The lowest BCUT2D eigenvalue weighted by atomic mass is 9.78. The second kappa shape index (κ2) is 19.3. The van der Waals surface area contributed by atoms with E-state index in [1.807, 2.05) is 19.6 Å². The standard InChI is InChI=1S/C31H51BN8O12/c1-20(2)28(29(46)34-21(3)30(47)40-6-4-5-22(40)32(48)49)35-23(41)15-33-24(42)16-36-7-9-37-11-13-39-14-12-38(10-8-36)18-26(44)51-31(50-25(43)17-37)52-27(45)19-39/h20-22,28,31,48-49H,4-19H2,1-3H3,(H,33,42)(H,34,46)(H,35,41)/t21-,22+,28+/m1/s1. The van der Waals surface area contributed by atoms with Crippen molar-refractivity contribution in [1.29, 1.82) is 0 Å². The summed E-state index contributed by atoms with van der Waals surface area (Å²) in [5, 5.41) is 27.0. The molecule has 0 aliphatic carbocycles. The number of rotatable bonds is 10. The van der Waals surface area contributed by atoms with E-state index in [9.17, 15) is 43.6 Å². The maximum Gasteiger partial charge on any atom is 0.475 e. The summed E-state index contributed by atoms with van der Waals surface area (Å²) < 4.78 is 15.5. The highest BCUT2D eigenvalue weighted by atomic mass is 16.9. The maximum absolute atomic E-state index is 13.1. The molecule has 20 nitrogen and oxygen atoms in total. The fourth-order valence-electron chi connectivity index (χ4n) is 6.45. The molecule has 4 aliphatic rings. The van der Waals surface area contributed by atoms with Crippen LogP contribution in [-0.2, 0) is 47.8 Å².